The number of ether oxygens (including phenoxy) is 5. The molecule has 20 atom stereocenters. The van der Waals surface area contributed by atoms with Gasteiger partial charge >= 0.3 is 0 Å². The minimum Gasteiger partial charge on any atom is -0.394 e. The van der Waals surface area contributed by atoms with E-state index < -0.39 is 73.6 Å². The van der Waals surface area contributed by atoms with Crippen LogP contribution < -0.4 is 0 Å². The predicted molar refractivity (Wildman–Crippen MR) is 194 cm³/mol. The van der Waals surface area contributed by atoms with Gasteiger partial charge in [0.15, 0.2) is 12.6 Å². The molecule has 0 bridgehead atoms. The molecule has 13 heteroatoms. The fourth-order valence-corrected chi connectivity index (χ4v) is 13.8. The molecule has 0 aromatic rings. The summed E-state index contributed by atoms with van der Waals surface area (Å²) < 4.78 is 31.0. The Morgan fingerprint density at radius 3 is 2.04 bits per heavy atom. The monoisotopic (exact) mass is 770 g/mol. The standard InChI is InChI=1S/C41H70O13/c1-36(2)24-10-15-39(6)25(17-21(43)28-20(9-14-40(28,39)7)41(8)16-12-27(54-41)37(3,4)49)38(24,5)13-11-26(36)52-35-33(29(45)22(44)19-50-35)53-34-32(48)31(47)30(46)23(18-42)51-34/h20-35,42-49H,9-19H2,1-8H3. The zero-order valence-corrected chi connectivity index (χ0v) is 33.6. The van der Waals surface area contributed by atoms with Crippen molar-refractivity contribution in [2.75, 3.05) is 13.2 Å². The number of hydrogen-bond acceptors (Lipinski definition) is 13. The van der Waals surface area contributed by atoms with Crippen LogP contribution in [0, 0.1) is 45.3 Å². The van der Waals surface area contributed by atoms with Gasteiger partial charge in [0, 0.05) is 0 Å². The Labute approximate surface area is 320 Å². The van der Waals surface area contributed by atoms with Crippen LogP contribution in [0.3, 0.4) is 0 Å². The van der Waals surface area contributed by atoms with Crippen molar-refractivity contribution in [2.45, 2.75) is 198 Å². The first kappa shape index (κ1) is 41.6. The Bertz CT molecular complexity index is 1360. The van der Waals surface area contributed by atoms with Gasteiger partial charge in [0.05, 0.1) is 42.7 Å². The van der Waals surface area contributed by atoms with Crippen molar-refractivity contribution in [3.63, 3.8) is 0 Å². The summed E-state index contributed by atoms with van der Waals surface area (Å²) in [6.07, 6.45) is -5.82. The molecule has 4 saturated carbocycles. The van der Waals surface area contributed by atoms with E-state index >= 15 is 0 Å². The first-order valence-electron chi connectivity index (χ1n) is 20.7. The highest BCUT2D eigenvalue weighted by Crippen LogP contribution is 2.76. The number of fused-ring (bicyclic) bond motifs is 5. The Morgan fingerprint density at radius 1 is 0.704 bits per heavy atom. The first-order valence-corrected chi connectivity index (χ1v) is 20.7. The van der Waals surface area contributed by atoms with Crippen LogP contribution in [0.2, 0.25) is 0 Å². The summed E-state index contributed by atoms with van der Waals surface area (Å²) in [6.45, 7) is 16.9. The third kappa shape index (κ3) is 6.28. The minimum absolute atomic E-state index is 0.00233. The predicted octanol–water partition coefficient (Wildman–Crippen LogP) is 2.00. The van der Waals surface area contributed by atoms with E-state index in [1.54, 1.807) is 0 Å². The van der Waals surface area contributed by atoms with E-state index in [0.29, 0.717) is 6.42 Å². The van der Waals surface area contributed by atoms with Gasteiger partial charge in [0.1, 0.15) is 42.7 Å². The maximum absolute atomic E-state index is 12.3. The van der Waals surface area contributed by atoms with Gasteiger partial charge < -0.3 is 64.5 Å². The van der Waals surface area contributed by atoms with Crippen LogP contribution in [0.15, 0.2) is 0 Å². The molecule has 7 aliphatic rings. The van der Waals surface area contributed by atoms with E-state index in [4.69, 9.17) is 23.7 Å². The number of aliphatic hydroxyl groups excluding tert-OH is 7. The maximum atomic E-state index is 12.3. The lowest BCUT2D eigenvalue weighted by molar-refractivity contribution is -0.367. The van der Waals surface area contributed by atoms with Gasteiger partial charge in [-0.3, -0.25) is 0 Å². The molecule has 54 heavy (non-hydrogen) atoms. The highest BCUT2D eigenvalue weighted by molar-refractivity contribution is 5.20. The van der Waals surface area contributed by atoms with E-state index in [-0.39, 0.29) is 69.7 Å². The summed E-state index contributed by atoms with van der Waals surface area (Å²) >= 11 is 0. The second kappa shape index (κ2) is 14.1. The Kier molecular flexibility index (Phi) is 10.8. The number of aliphatic hydroxyl groups is 8. The smallest absolute Gasteiger partial charge is 0.187 e. The van der Waals surface area contributed by atoms with Gasteiger partial charge in [-0.2, -0.15) is 0 Å². The molecule has 0 aromatic carbocycles. The molecule has 0 aromatic heterocycles. The molecule has 4 aliphatic carbocycles. The summed E-state index contributed by atoms with van der Waals surface area (Å²) in [5.41, 5.74) is -1.81. The van der Waals surface area contributed by atoms with Crippen LogP contribution in [0.5, 0.6) is 0 Å². The molecule has 8 N–H and O–H groups in total. The van der Waals surface area contributed by atoms with Gasteiger partial charge in [0.2, 0.25) is 0 Å². The molecule has 20 unspecified atom stereocenters. The molecule has 0 spiro atoms. The number of hydrogen-bond donors (Lipinski definition) is 8. The van der Waals surface area contributed by atoms with Crippen LogP contribution in [0.25, 0.3) is 0 Å². The molecule has 3 heterocycles. The van der Waals surface area contributed by atoms with Crippen LogP contribution >= 0.6 is 0 Å². The van der Waals surface area contributed by atoms with E-state index in [1.807, 2.05) is 13.8 Å². The summed E-state index contributed by atoms with van der Waals surface area (Å²) in [4.78, 5) is 0. The van der Waals surface area contributed by atoms with E-state index in [0.717, 1.165) is 51.4 Å². The Morgan fingerprint density at radius 2 is 1.39 bits per heavy atom. The summed E-state index contributed by atoms with van der Waals surface area (Å²) in [5, 5.41) is 85.7. The second-order valence-corrected chi connectivity index (χ2v) is 20.6. The molecule has 3 aliphatic heterocycles. The quantitative estimate of drug-likeness (QED) is 0.175. The van der Waals surface area contributed by atoms with Gasteiger partial charge in [-0.05, 0) is 124 Å². The van der Waals surface area contributed by atoms with Crippen molar-refractivity contribution in [3.05, 3.63) is 0 Å². The average molecular weight is 771 g/mol. The molecule has 13 nitrogen and oxygen atoms in total. The molecule has 312 valence electrons. The van der Waals surface area contributed by atoms with Crippen molar-refractivity contribution in [1.82, 2.24) is 0 Å². The Hall–Kier alpha value is -0.520. The van der Waals surface area contributed by atoms with Gasteiger partial charge in [0.25, 0.3) is 0 Å². The minimum atomic E-state index is -1.70. The third-order valence-corrected chi connectivity index (χ3v) is 17.1. The third-order valence-electron chi connectivity index (χ3n) is 17.1. The van der Waals surface area contributed by atoms with Crippen LogP contribution in [0.1, 0.15) is 113 Å². The molecule has 0 amide bonds. The van der Waals surface area contributed by atoms with Gasteiger partial charge in [-0.15, -0.1) is 0 Å². The normalized spacial score (nSPS) is 56.2. The zero-order valence-electron chi connectivity index (χ0n) is 33.6. The molecular weight excluding hydrogens is 700 g/mol. The van der Waals surface area contributed by atoms with Crippen molar-refractivity contribution in [3.8, 4) is 0 Å². The molecular formula is C41H70O13. The highest BCUT2D eigenvalue weighted by atomic mass is 16.8. The fraction of sp³-hybridized carbons (Fsp3) is 1.00. The summed E-state index contributed by atoms with van der Waals surface area (Å²) in [6, 6.07) is 0. The molecule has 7 fully saturated rings. The van der Waals surface area contributed by atoms with Crippen molar-refractivity contribution >= 4 is 0 Å². The first-order chi connectivity index (χ1) is 25.0. The zero-order chi connectivity index (χ0) is 39.6. The topological polar surface area (TPSA) is 208 Å². The largest absolute Gasteiger partial charge is 0.394 e. The number of rotatable bonds is 7. The Balaban J connectivity index is 1.09. The lowest BCUT2D eigenvalue weighted by Crippen LogP contribution is -2.67. The van der Waals surface area contributed by atoms with Crippen molar-refractivity contribution < 1.29 is 64.5 Å². The van der Waals surface area contributed by atoms with Crippen molar-refractivity contribution in [1.29, 1.82) is 0 Å². The molecule has 7 rings (SSSR count). The average Bonchev–Trinajstić information content (AvgIpc) is 3.69. The van der Waals surface area contributed by atoms with Gasteiger partial charge in [-0.25, -0.2) is 0 Å². The summed E-state index contributed by atoms with van der Waals surface area (Å²) in [5.74, 6) is 0.864. The van der Waals surface area contributed by atoms with E-state index in [2.05, 4.69) is 41.5 Å². The van der Waals surface area contributed by atoms with Crippen molar-refractivity contribution in [2.24, 2.45) is 45.3 Å². The lowest BCUT2D eigenvalue weighted by Gasteiger charge is -2.70. The van der Waals surface area contributed by atoms with Crippen LogP contribution in [-0.4, -0.2) is 139 Å². The second-order valence-electron chi connectivity index (χ2n) is 20.6. The van der Waals surface area contributed by atoms with E-state index in [9.17, 15) is 40.9 Å². The maximum Gasteiger partial charge on any atom is 0.187 e. The fourth-order valence-electron chi connectivity index (χ4n) is 13.8. The summed E-state index contributed by atoms with van der Waals surface area (Å²) in [7, 11) is 0. The van der Waals surface area contributed by atoms with E-state index in [1.165, 1.54) is 0 Å². The molecule has 0 radical (unpaired) electrons. The van der Waals surface area contributed by atoms with Gasteiger partial charge in [-0.1, -0.05) is 34.6 Å². The molecule has 3 saturated heterocycles. The lowest BCUT2D eigenvalue weighted by atomic mass is 9.35. The SMILES string of the molecule is CC(C)(O)C1CCC(C)(C2CCC3(C)C2C(O)CC2C4(C)CCC(OC5OCC(O)C(O)C5OC5OC(CO)C(O)C(O)C5O)C(C)(C)C4CCC23C)O1. The van der Waals surface area contributed by atoms with Crippen LogP contribution in [0.4, 0.5) is 0 Å². The highest BCUT2D eigenvalue weighted by Gasteiger charge is 2.72. The van der Waals surface area contributed by atoms with Crippen LogP contribution in [-0.2, 0) is 23.7 Å².